The molecule has 0 spiro atoms. The van der Waals surface area contributed by atoms with Crippen LogP contribution in [0.5, 0.6) is 0 Å². The highest BCUT2D eigenvalue weighted by Gasteiger charge is 2.08. The second kappa shape index (κ2) is 5.72. The molecule has 1 rings (SSSR count). The fourth-order valence-electron chi connectivity index (χ4n) is 1.19. The first kappa shape index (κ1) is 13.6. The summed E-state index contributed by atoms with van der Waals surface area (Å²) >= 11 is 1.53. The van der Waals surface area contributed by atoms with E-state index in [2.05, 4.69) is 4.98 Å². The number of aromatic nitrogens is 1. The van der Waals surface area contributed by atoms with Crippen LogP contribution in [0.25, 0.3) is 0 Å². The Kier molecular flexibility index (Phi) is 4.85. The molecule has 1 aromatic heterocycles. The molecule has 0 unspecified atom stereocenters. The van der Waals surface area contributed by atoms with E-state index in [0.29, 0.717) is 19.6 Å². The van der Waals surface area contributed by atoms with Crippen LogP contribution in [-0.2, 0) is 22.9 Å². The molecule has 0 amide bonds. The molecule has 7 heteroatoms. The summed E-state index contributed by atoms with van der Waals surface area (Å²) in [6.45, 7) is 1.64. The van der Waals surface area contributed by atoms with Crippen LogP contribution in [0.4, 0.5) is 0 Å². The van der Waals surface area contributed by atoms with Gasteiger partial charge in [-0.1, -0.05) is 0 Å². The van der Waals surface area contributed by atoms with Gasteiger partial charge in [-0.05, 0) is 7.05 Å². The predicted molar refractivity (Wildman–Crippen MR) is 66.1 cm³/mol. The van der Waals surface area contributed by atoms with Crippen molar-refractivity contribution in [1.29, 1.82) is 0 Å². The molecule has 16 heavy (non-hydrogen) atoms. The van der Waals surface area contributed by atoms with Crippen molar-refractivity contribution in [3.8, 4) is 0 Å². The minimum Gasteiger partial charge on any atom is -0.325 e. The molecule has 0 fully saturated rings. The van der Waals surface area contributed by atoms with Gasteiger partial charge in [-0.15, -0.1) is 11.3 Å². The standard InChI is InChI=1S/C9H17N3O2S2/c1-12(3-4-16(2,13)14)6-8-7-15-9(5-10)11-8/h7H,3-6,10H2,1-2H3. The van der Waals surface area contributed by atoms with Crippen LogP contribution < -0.4 is 5.73 Å². The van der Waals surface area contributed by atoms with Crippen LogP contribution >= 0.6 is 11.3 Å². The number of thiazole rings is 1. The van der Waals surface area contributed by atoms with Crippen LogP contribution in [0.2, 0.25) is 0 Å². The van der Waals surface area contributed by atoms with E-state index < -0.39 is 9.84 Å². The third kappa shape index (κ3) is 5.02. The Morgan fingerprint density at radius 3 is 2.75 bits per heavy atom. The van der Waals surface area contributed by atoms with Gasteiger partial charge in [0.05, 0.1) is 11.4 Å². The maximum absolute atomic E-state index is 11.0. The van der Waals surface area contributed by atoms with Crippen LogP contribution in [0.15, 0.2) is 5.38 Å². The van der Waals surface area contributed by atoms with Crippen LogP contribution in [0, 0.1) is 0 Å². The summed E-state index contributed by atoms with van der Waals surface area (Å²) in [6.07, 6.45) is 1.25. The fraction of sp³-hybridized carbons (Fsp3) is 0.667. The summed E-state index contributed by atoms with van der Waals surface area (Å²) in [5, 5.41) is 2.87. The first-order valence-corrected chi connectivity index (χ1v) is 7.84. The second-order valence-electron chi connectivity index (χ2n) is 3.80. The van der Waals surface area contributed by atoms with E-state index >= 15 is 0 Å². The third-order valence-electron chi connectivity index (χ3n) is 2.05. The quantitative estimate of drug-likeness (QED) is 0.786. The average Bonchev–Trinajstić information content (AvgIpc) is 2.61. The lowest BCUT2D eigenvalue weighted by molar-refractivity contribution is 0.342. The van der Waals surface area contributed by atoms with Gasteiger partial charge in [-0.2, -0.15) is 0 Å². The average molecular weight is 263 g/mol. The van der Waals surface area contributed by atoms with Gasteiger partial charge in [0.25, 0.3) is 0 Å². The highest BCUT2D eigenvalue weighted by atomic mass is 32.2. The van der Waals surface area contributed by atoms with E-state index in [4.69, 9.17) is 5.73 Å². The smallest absolute Gasteiger partial charge is 0.148 e. The summed E-state index contributed by atoms with van der Waals surface area (Å²) < 4.78 is 22.0. The molecule has 0 aliphatic carbocycles. The van der Waals surface area contributed by atoms with E-state index in [0.717, 1.165) is 10.7 Å². The molecule has 5 nitrogen and oxygen atoms in total. The van der Waals surface area contributed by atoms with E-state index in [1.165, 1.54) is 17.6 Å². The molecular weight excluding hydrogens is 246 g/mol. The van der Waals surface area contributed by atoms with Crippen LogP contribution in [-0.4, -0.2) is 43.9 Å². The SMILES string of the molecule is CN(CCS(C)(=O)=O)Cc1csc(CN)n1. The topological polar surface area (TPSA) is 76.3 Å². The Morgan fingerprint density at radius 1 is 1.56 bits per heavy atom. The fourth-order valence-corrected chi connectivity index (χ4v) is 2.50. The maximum Gasteiger partial charge on any atom is 0.148 e. The normalized spacial score (nSPS) is 12.2. The zero-order chi connectivity index (χ0) is 12.2. The molecular formula is C9H17N3O2S2. The lowest BCUT2D eigenvalue weighted by Gasteiger charge is -2.13. The Hall–Kier alpha value is -0.500. The van der Waals surface area contributed by atoms with Crippen molar-refractivity contribution in [3.63, 3.8) is 0 Å². The highest BCUT2D eigenvalue weighted by Crippen LogP contribution is 2.10. The maximum atomic E-state index is 11.0. The summed E-state index contributed by atoms with van der Waals surface area (Å²) in [5.41, 5.74) is 6.41. The van der Waals surface area contributed by atoms with Gasteiger partial charge in [0.1, 0.15) is 14.8 Å². The first-order chi connectivity index (χ1) is 7.40. The molecule has 0 radical (unpaired) electrons. The zero-order valence-corrected chi connectivity index (χ0v) is 11.1. The highest BCUT2D eigenvalue weighted by molar-refractivity contribution is 7.90. The number of sulfone groups is 1. The summed E-state index contributed by atoms with van der Waals surface area (Å²) in [6, 6.07) is 0. The molecule has 0 saturated carbocycles. The minimum absolute atomic E-state index is 0.178. The number of rotatable bonds is 6. The van der Waals surface area contributed by atoms with Crippen molar-refractivity contribution in [1.82, 2.24) is 9.88 Å². The van der Waals surface area contributed by atoms with Gasteiger partial charge in [-0.25, -0.2) is 13.4 Å². The molecule has 2 N–H and O–H groups in total. The van der Waals surface area contributed by atoms with Gasteiger partial charge in [0.2, 0.25) is 0 Å². The van der Waals surface area contributed by atoms with Crippen molar-refractivity contribution >= 4 is 21.2 Å². The van der Waals surface area contributed by atoms with Crippen LogP contribution in [0.1, 0.15) is 10.7 Å². The van der Waals surface area contributed by atoms with E-state index in [1.54, 1.807) is 0 Å². The van der Waals surface area contributed by atoms with Crippen molar-refractivity contribution in [2.45, 2.75) is 13.1 Å². The molecule has 1 heterocycles. The molecule has 0 saturated heterocycles. The Bertz CT molecular complexity index is 428. The number of hydrogen-bond acceptors (Lipinski definition) is 6. The Morgan fingerprint density at radius 2 is 2.25 bits per heavy atom. The van der Waals surface area contributed by atoms with Crippen molar-refractivity contribution in [2.75, 3.05) is 25.6 Å². The molecule has 0 aliphatic rings. The monoisotopic (exact) mass is 263 g/mol. The summed E-state index contributed by atoms with van der Waals surface area (Å²) in [5.74, 6) is 0.178. The number of nitrogens with two attached hydrogens (primary N) is 1. The van der Waals surface area contributed by atoms with Gasteiger partial charge in [0, 0.05) is 31.3 Å². The van der Waals surface area contributed by atoms with Crippen molar-refractivity contribution in [3.05, 3.63) is 16.1 Å². The van der Waals surface area contributed by atoms with E-state index in [1.807, 2.05) is 17.3 Å². The zero-order valence-electron chi connectivity index (χ0n) is 9.51. The Balaban J connectivity index is 2.42. The predicted octanol–water partition coefficient (Wildman–Crippen LogP) is 0.0782. The second-order valence-corrected chi connectivity index (χ2v) is 7.01. The number of nitrogens with zero attached hydrogens (tertiary/aromatic N) is 2. The number of hydrogen-bond donors (Lipinski definition) is 1. The van der Waals surface area contributed by atoms with E-state index in [9.17, 15) is 8.42 Å². The van der Waals surface area contributed by atoms with Crippen molar-refractivity contribution in [2.24, 2.45) is 5.73 Å². The molecule has 0 atom stereocenters. The summed E-state index contributed by atoms with van der Waals surface area (Å²) in [4.78, 5) is 6.26. The lowest BCUT2D eigenvalue weighted by Crippen LogP contribution is -2.25. The van der Waals surface area contributed by atoms with Gasteiger partial charge in [0.15, 0.2) is 0 Å². The molecule has 0 bridgehead atoms. The Labute approximate surface area is 100 Å². The lowest BCUT2D eigenvalue weighted by atomic mass is 10.4. The van der Waals surface area contributed by atoms with Gasteiger partial charge >= 0.3 is 0 Å². The molecule has 1 aromatic rings. The molecule has 0 aliphatic heterocycles. The van der Waals surface area contributed by atoms with Gasteiger partial charge in [-0.3, -0.25) is 4.90 Å². The summed E-state index contributed by atoms with van der Waals surface area (Å²) in [7, 11) is -1.01. The third-order valence-corrected chi connectivity index (χ3v) is 3.89. The largest absolute Gasteiger partial charge is 0.325 e. The molecule has 0 aromatic carbocycles. The first-order valence-electron chi connectivity index (χ1n) is 4.90. The van der Waals surface area contributed by atoms with Gasteiger partial charge < -0.3 is 5.73 Å². The van der Waals surface area contributed by atoms with E-state index in [-0.39, 0.29) is 5.75 Å². The van der Waals surface area contributed by atoms with Crippen LogP contribution in [0.3, 0.4) is 0 Å². The molecule has 92 valence electrons. The van der Waals surface area contributed by atoms with Crippen molar-refractivity contribution < 1.29 is 8.42 Å². The minimum atomic E-state index is -2.89.